The molecule has 0 aromatic heterocycles. The maximum absolute atomic E-state index is 2.48. The fourth-order valence-electron chi connectivity index (χ4n) is 3.06. The molecule has 3 heteroatoms. The molecule has 0 nitrogen and oxygen atoms in total. The second kappa shape index (κ2) is 6.68. The molecule has 0 radical (unpaired) electrons. The van der Waals surface area contributed by atoms with E-state index in [1.807, 2.05) is 0 Å². The molecule has 1 unspecified atom stereocenters. The van der Waals surface area contributed by atoms with Crippen molar-refractivity contribution >= 4 is 0 Å². The standard InChI is InChI=1S/C10H15.C7H9.2ClH.Zr/c1-7-6-10(4,5)9(3)8(7)2;1-6-3-4-7(2)5-6;;;/h1-5H3;3-5H,1-2H3;2*1H;/q;;;;+2/p-2. The zero-order valence-corrected chi connectivity index (χ0v) is 17.5. The average molecular weight is 391 g/mol. The van der Waals surface area contributed by atoms with Crippen molar-refractivity contribution in [3.05, 3.63) is 43.8 Å². The van der Waals surface area contributed by atoms with Gasteiger partial charge in [-0.05, 0) is 0 Å². The summed E-state index contributed by atoms with van der Waals surface area (Å²) < 4.78 is 2.17. The zero-order valence-electron chi connectivity index (χ0n) is 13.5. The van der Waals surface area contributed by atoms with Gasteiger partial charge in [-0.3, -0.25) is 0 Å². The first-order valence-electron chi connectivity index (χ1n) is 6.74. The van der Waals surface area contributed by atoms with Gasteiger partial charge in [-0.15, -0.1) is 0 Å². The third-order valence-electron chi connectivity index (χ3n) is 4.68. The number of hydrogen-bond acceptors (Lipinski definition) is 0. The Balaban J connectivity index is 0.00000180. The second-order valence-electron chi connectivity index (χ2n) is 6.50. The molecule has 0 aliphatic heterocycles. The maximum Gasteiger partial charge on any atom is -1.00 e. The summed E-state index contributed by atoms with van der Waals surface area (Å²) in [4.78, 5) is 0. The van der Waals surface area contributed by atoms with Crippen molar-refractivity contribution in [3.8, 4) is 0 Å². The van der Waals surface area contributed by atoms with Crippen LogP contribution in [0.4, 0.5) is 0 Å². The molecule has 110 valence electrons. The van der Waals surface area contributed by atoms with Crippen molar-refractivity contribution in [2.75, 3.05) is 0 Å². The van der Waals surface area contributed by atoms with E-state index in [0.717, 1.165) is 0 Å². The monoisotopic (exact) mass is 388 g/mol. The summed E-state index contributed by atoms with van der Waals surface area (Å²) in [6.45, 7) is 16.4. The molecule has 2 aliphatic rings. The van der Waals surface area contributed by atoms with Crippen LogP contribution in [0.1, 0.15) is 48.5 Å². The third-order valence-corrected chi connectivity index (χ3v) is 9.84. The molecule has 20 heavy (non-hydrogen) atoms. The largest absolute Gasteiger partial charge is 1.00 e. The van der Waals surface area contributed by atoms with Crippen LogP contribution in [0.15, 0.2) is 43.8 Å². The fourth-order valence-corrected chi connectivity index (χ4v) is 7.69. The molecule has 0 bridgehead atoms. The van der Waals surface area contributed by atoms with E-state index < -0.39 is 23.2 Å². The average Bonchev–Trinajstić information content (AvgIpc) is 2.68. The van der Waals surface area contributed by atoms with E-state index in [4.69, 9.17) is 0 Å². The number of allylic oxidation sites excluding steroid dienone is 8. The first-order valence-corrected chi connectivity index (χ1v) is 9.20. The predicted octanol–water partition coefficient (Wildman–Crippen LogP) is -0.578. The van der Waals surface area contributed by atoms with E-state index in [1.54, 1.807) is 20.0 Å². The predicted molar refractivity (Wildman–Crippen MR) is 76.1 cm³/mol. The van der Waals surface area contributed by atoms with Gasteiger partial charge in [-0.25, -0.2) is 0 Å². The molecule has 1 atom stereocenters. The van der Waals surface area contributed by atoms with Crippen molar-refractivity contribution in [1.82, 2.24) is 0 Å². The van der Waals surface area contributed by atoms with Crippen LogP contribution in [-0.2, 0) is 23.2 Å². The molecule has 0 amide bonds. The Morgan fingerprint density at radius 1 is 0.900 bits per heavy atom. The number of hydrogen-bond donors (Lipinski definition) is 0. The molecule has 0 saturated carbocycles. The molecule has 0 N–H and O–H groups in total. The Hall–Kier alpha value is 0.423. The molecule has 2 aliphatic carbocycles. The van der Waals surface area contributed by atoms with E-state index in [9.17, 15) is 0 Å². The van der Waals surface area contributed by atoms with Crippen molar-refractivity contribution in [1.29, 1.82) is 0 Å². The van der Waals surface area contributed by atoms with Crippen molar-refractivity contribution in [2.24, 2.45) is 5.41 Å². The van der Waals surface area contributed by atoms with Crippen LogP contribution in [0.5, 0.6) is 0 Å². The van der Waals surface area contributed by atoms with Gasteiger partial charge in [0, 0.05) is 0 Å². The molecule has 2 rings (SSSR count). The summed E-state index contributed by atoms with van der Waals surface area (Å²) in [6, 6.07) is 0. The summed E-state index contributed by atoms with van der Waals surface area (Å²) in [5, 5.41) is 0. The van der Waals surface area contributed by atoms with Crippen molar-refractivity contribution < 1.29 is 48.0 Å². The molecular formula is C17H24Cl2Zr. The van der Waals surface area contributed by atoms with Crippen LogP contribution in [0, 0.1) is 5.41 Å². The summed E-state index contributed by atoms with van der Waals surface area (Å²) in [6.07, 6.45) is 7.22. The van der Waals surface area contributed by atoms with Gasteiger partial charge in [0.15, 0.2) is 0 Å². The molecule has 0 heterocycles. The topological polar surface area (TPSA) is 0 Å². The molecule has 0 aromatic rings. The van der Waals surface area contributed by atoms with Crippen LogP contribution in [0.25, 0.3) is 0 Å². The first-order chi connectivity index (χ1) is 8.17. The van der Waals surface area contributed by atoms with Gasteiger partial charge >= 0.3 is 124 Å². The summed E-state index contributed by atoms with van der Waals surface area (Å²) in [5.41, 5.74) is 6.47. The minimum absolute atomic E-state index is 0. The van der Waals surface area contributed by atoms with E-state index >= 15 is 0 Å². The van der Waals surface area contributed by atoms with Gasteiger partial charge in [0.1, 0.15) is 0 Å². The van der Waals surface area contributed by atoms with Gasteiger partial charge in [0.05, 0.1) is 0 Å². The molecular weight excluding hydrogens is 366 g/mol. The van der Waals surface area contributed by atoms with Crippen LogP contribution in [0.3, 0.4) is 0 Å². The molecule has 0 spiro atoms. The van der Waals surface area contributed by atoms with Crippen molar-refractivity contribution in [2.45, 2.75) is 51.6 Å². The quantitative estimate of drug-likeness (QED) is 0.592. The zero-order chi connectivity index (χ0) is 13.7. The van der Waals surface area contributed by atoms with E-state index in [-0.39, 0.29) is 24.8 Å². The van der Waals surface area contributed by atoms with Crippen molar-refractivity contribution in [3.63, 3.8) is 0 Å². The second-order valence-corrected chi connectivity index (χ2v) is 11.0. The fraction of sp³-hybridized carbons (Fsp3) is 0.529. The Morgan fingerprint density at radius 3 is 1.80 bits per heavy atom. The van der Waals surface area contributed by atoms with Gasteiger partial charge in [-0.1, -0.05) is 0 Å². The van der Waals surface area contributed by atoms with Crippen LogP contribution in [0.2, 0.25) is 3.12 Å². The first kappa shape index (κ1) is 20.4. The summed E-state index contributed by atoms with van der Waals surface area (Å²) in [5.74, 6) is 0. The molecule has 0 fully saturated rings. The smallest absolute Gasteiger partial charge is 1.00 e. The van der Waals surface area contributed by atoms with E-state index in [0.29, 0.717) is 8.54 Å². The Labute approximate surface area is 148 Å². The van der Waals surface area contributed by atoms with Gasteiger partial charge < -0.3 is 24.8 Å². The number of halogens is 2. The minimum atomic E-state index is -0.630. The SMILES string of the molecule is CC1=C[C](C)([Zr+2][C]2=C(C)C(C)=C(C)C2(C)C)C=C1.[Cl-].[Cl-]. The third kappa shape index (κ3) is 3.42. The number of rotatable bonds is 2. The van der Waals surface area contributed by atoms with E-state index in [2.05, 4.69) is 66.7 Å². The Kier molecular flexibility index (Phi) is 6.82. The Bertz CT molecular complexity index is 521. The summed E-state index contributed by atoms with van der Waals surface area (Å²) >= 11 is -0.630. The van der Waals surface area contributed by atoms with Gasteiger partial charge in [0.2, 0.25) is 0 Å². The van der Waals surface area contributed by atoms with E-state index in [1.165, 1.54) is 5.57 Å². The normalized spacial score (nSPS) is 27.1. The molecule has 0 saturated heterocycles. The Morgan fingerprint density at radius 2 is 1.45 bits per heavy atom. The summed E-state index contributed by atoms with van der Waals surface area (Å²) in [7, 11) is 0. The van der Waals surface area contributed by atoms with Gasteiger partial charge in [0.25, 0.3) is 0 Å². The van der Waals surface area contributed by atoms with Crippen LogP contribution in [-0.4, -0.2) is 0 Å². The minimum Gasteiger partial charge on any atom is -1.00 e. The van der Waals surface area contributed by atoms with Crippen LogP contribution >= 0.6 is 0 Å². The van der Waals surface area contributed by atoms with Gasteiger partial charge in [-0.2, -0.15) is 0 Å². The maximum atomic E-state index is 2.48. The van der Waals surface area contributed by atoms with Crippen LogP contribution < -0.4 is 24.8 Å². The molecule has 0 aromatic carbocycles.